The summed E-state index contributed by atoms with van der Waals surface area (Å²) in [6.45, 7) is -0.166. The minimum absolute atomic E-state index is 0.110. The van der Waals surface area contributed by atoms with Crippen LogP contribution in [-0.2, 0) is 21.7 Å². The van der Waals surface area contributed by atoms with Gasteiger partial charge in [-0.15, -0.1) is 0 Å². The first-order valence-electron chi connectivity index (χ1n) is 11.5. The Morgan fingerprint density at radius 2 is 1.73 bits per heavy atom. The molecule has 9 nitrogen and oxygen atoms in total. The number of halogens is 2. The third kappa shape index (κ3) is 3.85. The number of hydrogen-bond acceptors (Lipinski definition) is 9. The third-order valence-electron chi connectivity index (χ3n) is 7.01. The van der Waals surface area contributed by atoms with Crippen molar-refractivity contribution in [3.63, 3.8) is 0 Å². The van der Waals surface area contributed by atoms with Gasteiger partial charge in [-0.05, 0) is 74.5 Å². The van der Waals surface area contributed by atoms with Crippen molar-refractivity contribution in [2.75, 3.05) is 6.61 Å². The summed E-state index contributed by atoms with van der Waals surface area (Å²) < 4.78 is 25.4. The zero-order valence-electron chi connectivity index (χ0n) is 19.0. The average Bonchev–Trinajstić information content (AvgIpc) is 3.28. The molecule has 194 valence electrons. The van der Waals surface area contributed by atoms with Gasteiger partial charge in [0.05, 0.1) is 20.4 Å². The van der Waals surface area contributed by atoms with E-state index in [1.165, 1.54) is 0 Å². The summed E-state index contributed by atoms with van der Waals surface area (Å²) in [5, 5.41) is 50.7. The Bertz CT molecular complexity index is 1380. The van der Waals surface area contributed by atoms with E-state index in [-0.39, 0.29) is 11.5 Å². The molecule has 11 heteroatoms. The van der Waals surface area contributed by atoms with Gasteiger partial charge < -0.3 is 44.5 Å². The highest BCUT2D eigenvalue weighted by Crippen LogP contribution is 2.58. The lowest BCUT2D eigenvalue weighted by atomic mass is 9.77. The van der Waals surface area contributed by atoms with Gasteiger partial charge in [0.25, 0.3) is 0 Å². The number of aliphatic hydroxyl groups is 4. The predicted molar refractivity (Wildman–Crippen MR) is 146 cm³/mol. The van der Waals surface area contributed by atoms with Crippen molar-refractivity contribution >= 4 is 45.2 Å². The van der Waals surface area contributed by atoms with Crippen LogP contribution in [0.2, 0.25) is 0 Å². The van der Waals surface area contributed by atoms with E-state index < -0.39 is 42.9 Å². The number of ether oxygens (including phenoxy) is 4. The number of aliphatic hydroxyl groups excluding tert-OH is 4. The minimum Gasteiger partial charge on any atom is -0.506 e. The molecule has 0 aromatic heterocycles. The van der Waals surface area contributed by atoms with Gasteiger partial charge in [0.1, 0.15) is 41.7 Å². The second-order valence-electron chi connectivity index (χ2n) is 9.10. The molecule has 5 N–H and O–H groups in total. The van der Waals surface area contributed by atoms with Crippen LogP contribution in [0.4, 0.5) is 0 Å². The molecule has 6 atom stereocenters. The molecular formula is C26H22I2O9. The first-order chi connectivity index (χ1) is 17.8. The predicted octanol–water partition coefficient (Wildman–Crippen LogP) is 2.71. The fourth-order valence-electron chi connectivity index (χ4n) is 5.16. The lowest BCUT2D eigenvalue weighted by molar-refractivity contribution is -0.277. The number of rotatable bonds is 3. The second kappa shape index (κ2) is 9.48. The fraction of sp³-hybridized carbons (Fsp3) is 0.308. The Kier molecular flexibility index (Phi) is 6.55. The lowest BCUT2D eigenvalue weighted by Gasteiger charge is -2.40. The van der Waals surface area contributed by atoms with Crippen molar-refractivity contribution in [1.29, 1.82) is 0 Å². The molecule has 0 saturated carbocycles. The molecule has 1 saturated heterocycles. The molecule has 1 unspecified atom stereocenters. The Labute approximate surface area is 238 Å². The smallest absolute Gasteiger partial charge is 0.229 e. The van der Waals surface area contributed by atoms with Crippen LogP contribution < -0.4 is 9.47 Å². The molecule has 3 heterocycles. The summed E-state index contributed by atoms with van der Waals surface area (Å²) in [4.78, 5) is 0. The van der Waals surface area contributed by atoms with Crippen LogP contribution in [0.15, 0.2) is 48.5 Å². The van der Waals surface area contributed by atoms with Crippen molar-refractivity contribution in [3.05, 3.63) is 77.9 Å². The summed E-state index contributed by atoms with van der Waals surface area (Å²) in [7, 11) is 0. The molecule has 0 bridgehead atoms. The van der Waals surface area contributed by atoms with Gasteiger partial charge in [-0.25, -0.2) is 0 Å². The van der Waals surface area contributed by atoms with Crippen LogP contribution in [0, 0.1) is 7.14 Å². The quantitative estimate of drug-likeness (QED) is 0.258. The molecule has 6 rings (SSSR count). The van der Waals surface area contributed by atoms with Crippen molar-refractivity contribution in [1.82, 2.24) is 0 Å². The molecule has 1 spiro atoms. The largest absolute Gasteiger partial charge is 0.506 e. The van der Waals surface area contributed by atoms with Crippen LogP contribution in [-0.4, -0.2) is 62.8 Å². The van der Waals surface area contributed by atoms with Gasteiger partial charge in [0.2, 0.25) is 6.29 Å². The maximum Gasteiger partial charge on any atom is 0.229 e. The Balaban J connectivity index is 1.45. The Morgan fingerprint density at radius 1 is 0.946 bits per heavy atom. The summed E-state index contributed by atoms with van der Waals surface area (Å²) >= 11 is 4.14. The van der Waals surface area contributed by atoms with Gasteiger partial charge in [0.15, 0.2) is 11.4 Å². The zero-order chi connectivity index (χ0) is 26.1. The highest BCUT2D eigenvalue weighted by atomic mass is 127. The van der Waals surface area contributed by atoms with E-state index >= 15 is 0 Å². The molecule has 3 aromatic rings. The third-order valence-corrected chi connectivity index (χ3v) is 8.84. The van der Waals surface area contributed by atoms with Crippen LogP contribution in [0.5, 0.6) is 23.0 Å². The van der Waals surface area contributed by atoms with Crippen molar-refractivity contribution in [3.8, 4) is 23.0 Å². The fourth-order valence-corrected chi connectivity index (χ4v) is 6.95. The molecule has 0 radical (unpaired) electrons. The van der Waals surface area contributed by atoms with Crippen molar-refractivity contribution in [2.45, 2.75) is 42.9 Å². The molecule has 3 aromatic carbocycles. The average molecular weight is 732 g/mol. The molecule has 0 amide bonds. The van der Waals surface area contributed by atoms with E-state index in [4.69, 9.17) is 18.9 Å². The van der Waals surface area contributed by atoms with E-state index in [2.05, 4.69) is 45.2 Å². The van der Waals surface area contributed by atoms with Crippen molar-refractivity contribution < 1.29 is 44.5 Å². The second-order valence-corrected chi connectivity index (χ2v) is 11.3. The first-order valence-corrected chi connectivity index (χ1v) is 13.7. The van der Waals surface area contributed by atoms with Crippen molar-refractivity contribution in [2.24, 2.45) is 0 Å². The molecule has 0 aliphatic carbocycles. The molecular weight excluding hydrogens is 710 g/mol. The summed E-state index contributed by atoms with van der Waals surface area (Å²) in [5.41, 5.74) is 2.55. The van der Waals surface area contributed by atoms with Gasteiger partial charge >= 0.3 is 0 Å². The lowest BCUT2D eigenvalue weighted by Crippen LogP contribution is -2.60. The summed E-state index contributed by atoms with van der Waals surface area (Å²) in [5.74, 6) is 1.26. The highest BCUT2D eigenvalue weighted by molar-refractivity contribution is 14.1. The van der Waals surface area contributed by atoms with E-state index in [9.17, 15) is 25.5 Å². The van der Waals surface area contributed by atoms with Gasteiger partial charge in [-0.2, -0.15) is 0 Å². The van der Waals surface area contributed by atoms with Crippen LogP contribution in [0.1, 0.15) is 22.3 Å². The van der Waals surface area contributed by atoms with Gasteiger partial charge in [0, 0.05) is 17.2 Å². The van der Waals surface area contributed by atoms with Crippen LogP contribution >= 0.6 is 45.2 Å². The van der Waals surface area contributed by atoms with E-state index in [0.29, 0.717) is 25.2 Å². The number of phenols is 1. The monoisotopic (exact) mass is 732 g/mol. The maximum absolute atomic E-state index is 10.7. The number of hydrogen-bond donors (Lipinski definition) is 5. The zero-order valence-corrected chi connectivity index (χ0v) is 23.4. The van der Waals surface area contributed by atoms with Crippen LogP contribution in [0.3, 0.4) is 0 Å². The Morgan fingerprint density at radius 3 is 2.51 bits per heavy atom. The maximum atomic E-state index is 10.7. The van der Waals surface area contributed by atoms with Crippen LogP contribution in [0.25, 0.3) is 0 Å². The molecule has 3 aliphatic heterocycles. The Hall–Kier alpha value is -1.72. The number of phenolic OH excluding ortho intramolecular Hbond substituents is 1. The normalized spacial score (nSPS) is 29.8. The van der Waals surface area contributed by atoms with Gasteiger partial charge in [-0.1, -0.05) is 24.3 Å². The van der Waals surface area contributed by atoms with Gasteiger partial charge in [-0.3, -0.25) is 0 Å². The standard InChI is InChI=1S/C26H22I2O9/c27-16-8-15-24(19(28)20(16)30)36-17-7-12(35-25-23(33)22(32)21(31)18(9-29)37-25)5-6-14(17)26(15)13-4-2-1-3-11(13)10-34-26/h1-8,18,21-23,25,29-33H,9-10H2/t18-,21+,22+,23-,25-,26?/m1/s1. The molecule has 3 aliphatic rings. The van der Waals surface area contributed by atoms with E-state index in [0.717, 1.165) is 22.3 Å². The SMILES string of the molecule is OC[C@H]1O[C@@H](Oc2ccc3c(c2)Oc2c(cc(I)c(O)c2I)C32OCc3ccccc32)[C@H](O)[C@@H](O)[C@H]1O. The molecule has 1 fully saturated rings. The first kappa shape index (κ1) is 25.6. The minimum atomic E-state index is -1.56. The van der Waals surface area contributed by atoms with E-state index in [1.54, 1.807) is 12.1 Å². The summed E-state index contributed by atoms with van der Waals surface area (Å²) in [6.07, 6.45) is -7.03. The number of aromatic hydroxyl groups is 1. The topological polar surface area (TPSA) is 138 Å². The highest BCUT2D eigenvalue weighted by Gasteiger charge is 2.51. The summed E-state index contributed by atoms with van der Waals surface area (Å²) in [6, 6.07) is 14.9. The number of fused-ring (bicyclic) bond motifs is 6. The number of benzene rings is 3. The van der Waals surface area contributed by atoms with E-state index in [1.807, 2.05) is 36.4 Å². The molecule has 37 heavy (non-hydrogen) atoms.